The molecular weight excluding hydrogens is 773 g/mol. The van der Waals surface area contributed by atoms with Gasteiger partial charge in [0.1, 0.15) is 6.04 Å². The average molecular weight is 805 g/mol. The van der Waals surface area contributed by atoms with Gasteiger partial charge in [0.05, 0.1) is 17.5 Å². The highest BCUT2D eigenvalue weighted by atomic mass is 35.5. The molecule has 0 bridgehead atoms. The first-order valence-electron chi connectivity index (χ1n) is 16.1. The molecule has 1 aliphatic carbocycles. The summed E-state index contributed by atoms with van der Waals surface area (Å²) in [7, 11) is -2.53. The maximum Gasteiger partial charge on any atom is 0.422 e. The fourth-order valence-corrected chi connectivity index (χ4v) is 5.74. The number of benzene rings is 3. The van der Waals surface area contributed by atoms with E-state index in [0.29, 0.717) is 23.6 Å². The molecule has 1 saturated carbocycles. The zero-order chi connectivity index (χ0) is 40.0. The van der Waals surface area contributed by atoms with E-state index in [4.69, 9.17) is 21.1 Å². The van der Waals surface area contributed by atoms with E-state index in [1.165, 1.54) is 42.5 Å². The van der Waals surface area contributed by atoms with Crippen LogP contribution in [0.2, 0.25) is 5.02 Å². The Kier molecular flexibility index (Phi) is 12.1. The number of hydrogen-bond acceptors (Lipinski definition) is 13. The monoisotopic (exact) mass is 804 g/mol. The van der Waals surface area contributed by atoms with Crippen molar-refractivity contribution in [3.8, 4) is 6.01 Å². The Morgan fingerprint density at radius 3 is 2.20 bits per heavy atom. The average Bonchev–Trinajstić information content (AvgIpc) is 3.92. The van der Waals surface area contributed by atoms with E-state index >= 15 is 0 Å². The quantitative estimate of drug-likeness (QED) is 0.0908. The Hall–Kier alpha value is -6.02. The first-order valence-corrected chi connectivity index (χ1v) is 18.3. The smallest absolute Gasteiger partial charge is 0.422 e. The third-order valence-corrected chi connectivity index (χ3v) is 9.23. The number of halogens is 4. The number of anilines is 4. The molecule has 16 nitrogen and oxygen atoms in total. The van der Waals surface area contributed by atoms with E-state index < -0.39 is 70.4 Å². The maximum absolute atomic E-state index is 13.1. The maximum atomic E-state index is 13.1. The normalized spacial score (nSPS) is 13.8. The molecule has 4 aromatic rings. The molecule has 1 atom stereocenters. The molecule has 0 radical (unpaired) electrons. The molecule has 1 aliphatic rings. The molecule has 0 saturated heterocycles. The summed E-state index contributed by atoms with van der Waals surface area (Å²) in [5.74, 6) is -4.31. The van der Waals surface area contributed by atoms with Crippen LogP contribution in [0.1, 0.15) is 28.8 Å². The largest absolute Gasteiger partial charge is 0.467 e. The van der Waals surface area contributed by atoms with Gasteiger partial charge in [0.15, 0.2) is 16.4 Å². The lowest BCUT2D eigenvalue weighted by molar-refractivity contribution is -0.154. The van der Waals surface area contributed by atoms with Crippen LogP contribution in [0, 0.1) is 0 Å². The topological polar surface area (TPSA) is 220 Å². The van der Waals surface area contributed by atoms with E-state index in [9.17, 15) is 40.8 Å². The van der Waals surface area contributed by atoms with Crippen molar-refractivity contribution in [2.45, 2.75) is 35.5 Å². The number of carbonyl (C=O) groups excluding carboxylic acids is 4. The van der Waals surface area contributed by atoms with Crippen molar-refractivity contribution >= 4 is 68.4 Å². The SMILES string of the molecule is COC(=O)[C@H](CNC(=O)C(=O)Nc1cccc(S(C)(=O)=O)c1)NC(=O)c1ccc(Nc2nc(NC3(c4ccc(Cl)cc4)CC3)nc(OCC(F)(F)F)n2)cc1. The fraction of sp³-hybridized carbons (Fsp3) is 0.265. The number of rotatable bonds is 14. The second-order valence-corrected chi connectivity index (χ2v) is 14.6. The molecular formula is C34H32ClF3N8O8S. The van der Waals surface area contributed by atoms with Gasteiger partial charge in [-0.25, -0.2) is 13.2 Å². The highest BCUT2D eigenvalue weighted by Gasteiger charge is 2.45. The first-order chi connectivity index (χ1) is 25.9. The van der Waals surface area contributed by atoms with E-state index in [1.807, 2.05) is 12.1 Å². The van der Waals surface area contributed by atoms with Gasteiger partial charge >= 0.3 is 30.0 Å². The van der Waals surface area contributed by atoms with Crippen molar-refractivity contribution in [1.82, 2.24) is 25.6 Å². The first kappa shape index (κ1) is 40.2. The highest BCUT2D eigenvalue weighted by Crippen LogP contribution is 2.48. The van der Waals surface area contributed by atoms with Crippen LogP contribution in [-0.4, -0.2) is 85.8 Å². The Labute approximate surface area is 316 Å². The lowest BCUT2D eigenvalue weighted by atomic mass is 10.1. The summed E-state index contributed by atoms with van der Waals surface area (Å²) in [6, 6.07) is 15.8. The molecule has 0 spiro atoms. The summed E-state index contributed by atoms with van der Waals surface area (Å²) >= 11 is 6.02. The summed E-state index contributed by atoms with van der Waals surface area (Å²) in [5.41, 5.74) is 0.669. The standard InChI is InChI=1S/C34H32ClF3N8O8S/c1-53-29(50)25(17-39-27(48)28(49)40-23-4-3-5-24(16-23)55(2,51)52)42-26(47)19-6-12-22(13-7-19)41-30-43-31(45-32(44-30)54-18-34(36,37)38)46-33(14-15-33)20-8-10-21(35)11-9-20/h3-13,16,25H,14-15,17-18H2,1-2H3,(H,39,48)(H,40,49)(H,42,47)(H2,41,43,44,45,46)/t25-/m0/s1. The minimum atomic E-state index is -4.66. The number of aromatic nitrogens is 3. The molecule has 1 fully saturated rings. The Balaban J connectivity index is 1.23. The number of nitrogens with zero attached hydrogens (tertiary/aromatic N) is 3. The van der Waals surface area contributed by atoms with Crippen LogP contribution in [0.5, 0.6) is 6.01 Å². The Bertz CT molecular complexity index is 2190. The van der Waals surface area contributed by atoms with Gasteiger partial charge in [0.2, 0.25) is 11.9 Å². The molecule has 3 aromatic carbocycles. The van der Waals surface area contributed by atoms with Gasteiger partial charge in [0.25, 0.3) is 5.91 Å². The number of nitrogens with one attached hydrogen (secondary N) is 5. The van der Waals surface area contributed by atoms with Crippen LogP contribution in [-0.2, 0) is 34.5 Å². The molecule has 1 heterocycles. The van der Waals surface area contributed by atoms with E-state index in [1.54, 1.807) is 12.1 Å². The number of esters is 1. The molecule has 5 rings (SSSR count). The second kappa shape index (κ2) is 16.6. The Morgan fingerprint density at radius 2 is 1.58 bits per heavy atom. The van der Waals surface area contributed by atoms with Crippen LogP contribution in [0.15, 0.2) is 77.7 Å². The molecule has 3 amide bonds. The predicted octanol–water partition coefficient (Wildman–Crippen LogP) is 3.74. The minimum absolute atomic E-state index is 0.0301. The summed E-state index contributed by atoms with van der Waals surface area (Å²) in [5, 5.41) is 13.4. The van der Waals surface area contributed by atoms with Crippen LogP contribution in [0.3, 0.4) is 0 Å². The molecule has 21 heteroatoms. The molecule has 55 heavy (non-hydrogen) atoms. The number of sulfone groups is 1. The number of ether oxygens (including phenoxy) is 2. The van der Waals surface area contributed by atoms with Crippen molar-refractivity contribution < 1.29 is 50.2 Å². The molecule has 0 unspecified atom stereocenters. The van der Waals surface area contributed by atoms with Crippen molar-refractivity contribution in [2.75, 3.05) is 42.5 Å². The number of carbonyl (C=O) groups is 4. The van der Waals surface area contributed by atoms with Gasteiger partial charge in [-0.3, -0.25) is 14.4 Å². The number of alkyl halides is 3. The lowest BCUT2D eigenvalue weighted by Crippen LogP contribution is -2.50. The van der Waals surface area contributed by atoms with Crippen molar-refractivity contribution in [2.24, 2.45) is 0 Å². The molecule has 290 valence electrons. The van der Waals surface area contributed by atoms with Gasteiger partial charge in [-0.1, -0.05) is 29.8 Å². The van der Waals surface area contributed by atoms with Crippen LogP contribution >= 0.6 is 11.6 Å². The molecule has 5 N–H and O–H groups in total. The van der Waals surface area contributed by atoms with Gasteiger partial charge in [0, 0.05) is 34.8 Å². The third kappa shape index (κ3) is 11.2. The second-order valence-electron chi connectivity index (χ2n) is 12.1. The summed E-state index contributed by atoms with van der Waals surface area (Å²) in [4.78, 5) is 62.5. The zero-order valence-corrected chi connectivity index (χ0v) is 30.4. The third-order valence-electron chi connectivity index (χ3n) is 7.86. The minimum Gasteiger partial charge on any atom is -0.467 e. The number of amides is 3. The van der Waals surface area contributed by atoms with Gasteiger partial charge < -0.3 is 36.1 Å². The van der Waals surface area contributed by atoms with Gasteiger partial charge in [-0.05, 0) is 73.0 Å². The number of methoxy groups -OCH3 is 1. The van der Waals surface area contributed by atoms with E-state index in [2.05, 4.69) is 41.5 Å². The number of hydrogen-bond donors (Lipinski definition) is 5. The van der Waals surface area contributed by atoms with Crippen molar-refractivity contribution in [1.29, 1.82) is 0 Å². The highest BCUT2D eigenvalue weighted by molar-refractivity contribution is 7.90. The van der Waals surface area contributed by atoms with Gasteiger partial charge in [-0.2, -0.15) is 28.1 Å². The van der Waals surface area contributed by atoms with Crippen molar-refractivity contribution in [3.05, 3.63) is 88.9 Å². The van der Waals surface area contributed by atoms with Gasteiger partial charge in [-0.15, -0.1) is 0 Å². The van der Waals surface area contributed by atoms with Crippen LogP contribution in [0.25, 0.3) is 0 Å². The summed E-state index contributed by atoms with van der Waals surface area (Å²) in [6.07, 6.45) is -2.30. The van der Waals surface area contributed by atoms with Crippen molar-refractivity contribution in [3.63, 3.8) is 0 Å². The predicted molar refractivity (Wildman–Crippen MR) is 192 cm³/mol. The molecule has 1 aromatic heterocycles. The van der Waals surface area contributed by atoms with E-state index in [-0.39, 0.29) is 28.0 Å². The lowest BCUT2D eigenvalue weighted by Gasteiger charge is -2.19. The zero-order valence-electron chi connectivity index (χ0n) is 28.9. The summed E-state index contributed by atoms with van der Waals surface area (Å²) in [6.45, 7) is -2.20. The Morgan fingerprint density at radius 1 is 0.909 bits per heavy atom. The summed E-state index contributed by atoms with van der Waals surface area (Å²) < 4.78 is 71.9. The van der Waals surface area contributed by atoms with Crippen LogP contribution < -0.4 is 31.3 Å². The molecule has 0 aliphatic heterocycles. The van der Waals surface area contributed by atoms with E-state index in [0.717, 1.165) is 25.0 Å². The van der Waals surface area contributed by atoms with Crippen LogP contribution in [0.4, 0.5) is 36.4 Å². The fourth-order valence-electron chi connectivity index (χ4n) is 4.95.